The highest BCUT2D eigenvalue weighted by atomic mass is 16.5. The van der Waals surface area contributed by atoms with Crippen molar-refractivity contribution in [2.24, 2.45) is 5.92 Å². The summed E-state index contributed by atoms with van der Waals surface area (Å²) in [5.41, 5.74) is 0. The molecule has 0 spiro atoms. The van der Waals surface area contributed by atoms with Crippen LogP contribution in [0.15, 0.2) is 12.2 Å². The van der Waals surface area contributed by atoms with E-state index in [4.69, 9.17) is 4.74 Å². The van der Waals surface area contributed by atoms with Crippen molar-refractivity contribution < 1.29 is 9.53 Å². The van der Waals surface area contributed by atoms with E-state index in [-0.39, 0.29) is 5.97 Å². The summed E-state index contributed by atoms with van der Waals surface area (Å²) >= 11 is 0. The molecule has 2 heteroatoms. The van der Waals surface area contributed by atoms with E-state index < -0.39 is 0 Å². The normalized spacial score (nSPS) is 12.5. The second-order valence-electron chi connectivity index (χ2n) is 9.14. The van der Waals surface area contributed by atoms with Crippen molar-refractivity contribution in [2.45, 2.75) is 149 Å². The van der Waals surface area contributed by atoms with Gasteiger partial charge in [0.25, 0.3) is 0 Å². The minimum atomic E-state index is -0.0145. The molecule has 0 heterocycles. The molecule has 0 aliphatic carbocycles. The summed E-state index contributed by atoms with van der Waals surface area (Å²) in [6.45, 7) is 7.30. The van der Waals surface area contributed by atoms with Crippen LogP contribution < -0.4 is 0 Å². The highest BCUT2D eigenvalue weighted by molar-refractivity contribution is 5.69. The molecule has 0 radical (unpaired) electrons. The van der Waals surface area contributed by atoms with Gasteiger partial charge in [-0.25, -0.2) is 0 Å². The van der Waals surface area contributed by atoms with E-state index in [9.17, 15) is 4.79 Å². The molecule has 30 heavy (non-hydrogen) atoms. The van der Waals surface area contributed by atoms with Gasteiger partial charge >= 0.3 is 5.97 Å². The summed E-state index contributed by atoms with van der Waals surface area (Å²) in [4.78, 5) is 11.9. The fourth-order valence-corrected chi connectivity index (χ4v) is 3.88. The molecule has 0 aromatic rings. The van der Waals surface area contributed by atoms with Gasteiger partial charge < -0.3 is 4.74 Å². The van der Waals surface area contributed by atoms with Crippen LogP contribution in [0.25, 0.3) is 0 Å². The number of carbonyl (C=O) groups excluding carboxylic acids is 1. The lowest BCUT2D eigenvalue weighted by atomic mass is 10.0. The lowest BCUT2D eigenvalue weighted by Crippen LogP contribution is -2.13. The molecule has 0 rings (SSSR count). The summed E-state index contributed by atoms with van der Waals surface area (Å²) < 4.78 is 5.46. The first kappa shape index (κ1) is 29.2. The first-order chi connectivity index (χ1) is 14.7. The molecule has 0 aliphatic heterocycles. The molecule has 0 fully saturated rings. The van der Waals surface area contributed by atoms with Gasteiger partial charge in [-0.3, -0.25) is 4.79 Å². The van der Waals surface area contributed by atoms with E-state index in [0.717, 1.165) is 19.3 Å². The molecule has 0 saturated heterocycles. The SMILES string of the molecule is CCCCCCCCCCCCCCC=CCCCC(=O)OCC(CC)CCCC. The maximum Gasteiger partial charge on any atom is 0.305 e. The Morgan fingerprint density at radius 2 is 1.17 bits per heavy atom. The minimum Gasteiger partial charge on any atom is -0.465 e. The number of allylic oxidation sites excluding steroid dienone is 2. The van der Waals surface area contributed by atoms with E-state index in [1.165, 1.54) is 103 Å². The molecule has 0 N–H and O–H groups in total. The Bertz CT molecular complexity index is 375. The third-order valence-electron chi connectivity index (χ3n) is 6.17. The van der Waals surface area contributed by atoms with Crippen LogP contribution in [-0.2, 0) is 9.53 Å². The maximum absolute atomic E-state index is 11.9. The highest BCUT2D eigenvalue weighted by Crippen LogP contribution is 2.14. The van der Waals surface area contributed by atoms with Gasteiger partial charge in [0.05, 0.1) is 6.61 Å². The summed E-state index contributed by atoms with van der Waals surface area (Å²) in [5, 5.41) is 0. The smallest absolute Gasteiger partial charge is 0.305 e. The lowest BCUT2D eigenvalue weighted by Gasteiger charge is -2.14. The summed E-state index contributed by atoms with van der Waals surface area (Å²) in [7, 11) is 0. The maximum atomic E-state index is 11.9. The number of carbonyl (C=O) groups is 1. The van der Waals surface area contributed by atoms with Crippen molar-refractivity contribution in [1.82, 2.24) is 0 Å². The minimum absolute atomic E-state index is 0.0145. The van der Waals surface area contributed by atoms with Gasteiger partial charge in [-0.1, -0.05) is 123 Å². The van der Waals surface area contributed by atoms with Crippen LogP contribution in [0.3, 0.4) is 0 Å². The Morgan fingerprint density at radius 1 is 0.667 bits per heavy atom. The average Bonchev–Trinajstić information content (AvgIpc) is 2.76. The van der Waals surface area contributed by atoms with Gasteiger partial charge in [-0.05, 0) is 38.0 Å². The fraction of sp³-hybridized carbons (Fsp3) is 0.893. The number of rotatable bonds is 23. The van der Waals surface area contributed by atoms with Gasteiger partial charge in [0, 0.05) is 6.42 Å². The van der Waals surface area contributed by atoms with Crippen molar-refractivity contribution in [3.05, 3.63) is 12.2 Å². The van der Waals surface area contributed by atoms with Crippen LogP contribution >= 0.6 is 0 Å². The van der Waals surface area contributed by atoms with Crippen LogP contribution in [0.1, 0.15) is 149 Å². The first-order valence-electron chi connectivity index (χ1n) is 13.5. The first-order valence-corrected chi connectivity index (χ1v) is 13.5. The molecule has 1 atom stereocenters. The third-order valence-corrected chi connectivity index (χ3v) is 6.17. The number of esters is 1. The average molecular weight is 423 g/mol. The van der Waals surface area contributed by atoms with Crippen LogP contribution in [0.5, 0.6) is 0 Å². The lowest BCUT2D eigenvalue weighted by molar-refractivity contribution is -0.145. The molecule has 0 aliphatic rings. The zero-order valence-corrected chi connectivity index (χ0v) is 20.9. The molecule has 0 aromatic carbocycles. The van der Waals surface area contributed by atoms with E-state index >= 15 is 0 Å². The highest BCUT2D eigenvalue weighted by Gasteiger charge is 2.09. The predicted molar refractivity (Wildman–Crippen MR) is 133 cm³/mol. The number of hydrogen-bond donors (Lipinski definition) is 0. The van der Waals surface area contributed by atoms with Crippen molar-refractivity contribution >= 4 is 5.97 Å². The Morgan fingerprint density at radius 3 is 1.70 bits per heavy atom. The Labute approximate surface area is 189 Å². The summed E-state index contributed by atoms with van der Waals surface area (Å²) in [6, 6.07) is 0. The molecule has 0 aromatic heterocycles. The van der Waals surface area contributed by atoms with Gasteiger partial charge in [0.1, 0.15) is 0 Å². The monoisotopic (exact) mass is 422 g/mol. The molecule has 1 unspecified atom stereocenters. The van der Waals surface area contributed by atoms with E-state index in [1.54, 1.807) is 0 Å². The second-order valence-corrected chi connectivity index (χ2v) is 9.14. The largest absolute Gasteiger partial charge is 0.465 e. The molecule has 0 amide bonds. The van der Waals surface area contributed by atoms with Gasteiger partial charge in [0.2, 0.25) is 0 Å². The van der Waals surface area contributed by atoms with Crippen LogP contribution in [0, 0.1) is 5.92 Å². The molecule has 0 bridgehead atoms. The fourth-order valence-electron chi connectivity index (χ4n) is 3.88. The van der Waals surface area contributed by atoms with Crippen LogP contribution in [0.4, 0.5) is 0 Å². The molecular weight excluding hydrogens is 368 g/mol. The molecule has 2 nitrogen and oxygen atoms in total. The number of hydrogen-bond acceptors (Lipinski definition) is 2. The quantitative estimate of drug-likeness (QED) is 0.0930. The molecule has 0 saturated carbocycles. The molecular formula is C28H54O2. The summed E-state index contributed by atoms with van der Waals surface area (Å²) in [6.07, 6.45) is 29.9. The van der Waals surface area contributed by atoms with Gasteiger partial charge in [-0.2, -0.15) is 0 Å². The van der Waals surface area contributed by atoms with Crippen LogP contribution in [-0.4, -0.2) is 12.6 Å². The number of ether oxygens (including phenoxy) is 1. The predicted octanol–water partition coefficient (Wildman–Crippen LogP) is 9.56. The second kappa shape index (κ2) is 24.5. The standard InChI is InChI=1S/C28H54O2/c1-4-7-9-10-11-12-13-14-15-16-17-18-19-20-21-22-23-25-28(29)30-26-27(6-3)24-8-5-2/h20-21,27H,4-19,22-26H2,1-3H3. The Hall–Kier alpha value is -0.790. The molecule has 178 valence electrons. The van der Waals surface area contributed by atoms with E-state index in [1.807, 2.05) is 0 Å². The summed E-state index contributed by atoms with van der Waals surface area (Å²) in [5.74, 6) is 0.531. The number of unbranched alkanes of at least 4 members (excludes halogenated alkanes) is 14. The zero-order chi connectivity index (χ0) is 22.1. The van der Waals surface area contributed by atoms with Crippen molar-refractivity contribution in [2.75, 3.05) is 6.61 Å². The topological polar surface area (TPSA) is 26.3 Å². The Kier molecular flexibility index (Phi) is 23.8. The van der Waals surface area contributed by atoms with Gasteiger partial charge in [-0.15, -0.1) is 0 Å². The zero-order valence-electron chi connectivity index (χ0n) is 20.9. The Balaban J connectivity index is 3.34. The van der Waals surface area contributed by atoms with Crippen LogP contribution in [0.2, 0.25) is 0 Å². The van der Waals surface area contributed by atoms with Crippen molar-refractivity contribution in [1.29, 1.82) is 0 Å². The van der Waals surface area contributed by atoms with Gasteiger partial charge in [0.15, 0.2) is 0 Å². The van der Waals surface area contributed by atoms with E-state index in [0.29, 0.717) is 18.9 Å². The van der Waals surface area contributed by atoms with Crippen molar-refractivity contribution in [3.63, 3.8) is 0 Å². The van der Waals surface area contributed by atoms with E-state index in [2.05, 4.69) is 32.9 Å². The van der Waals surface area contributed by atoms with Crippen molar-refractivity contribution in [3.8, 4) is 0 Å². The third kappa shape index (κ3) is 21.9.